The van der Waals surface area contributed by atoms with Gasteiger partial charge in [0.2, 0.25) is 0 Å². The third-order valence-electron chi connectivity index (χ3n) is 2.45. The minimum atomic E-state index is -0.0941. The fourth-order valence-corrected chi connectivity index (χ4v) is 2.06. The molecule has 0 aliphatic heterocycles. The van der Waals surface area contributed by atoms with Crippen LogP contribution in [0.4, 0.5) is 0 Å². The molecule has 0 amide bonds. The van der Waals surface area contributed by atoms with Crippen LogP contribution in [0.15, 0.2) is 39.7 Å². The smallest absolute Gasteiger partial charge is 0.173 e. The molecule has 4 heteroatoms. The number of halogens is 1. The summed E-state index contributed by atoms with van der Waals surface area (Å²) in [4.78, 5) is 4.33. The van der Waals surface area contributed by atoms with Crippen molar-refractivity contribution in [3.05, 3.63) is 52.1 Å². The van der Waals surface area contributed by atoms with E-state index < -0.39 is 0 Å². The van der Waals surface area contributed by atoms with Crippen molar-refractivity contribution >= 4 is 15.9 Å². The van der Waals surface area contributed by atoms with Crippen molar-refractivity contribution in [2.75, 3.05) is 0 Å². The van der Waals surface area contributed by atoms with Crippen LogP contribution in [-0.2, 0) is 6.42 Å². The summed E-state index contributed by atoms with van der Waals surface area (Å²) in [6.07, 6.45) is 4.19. The quantitative estimate of drug-likeness (QED) is 0.941. The number of rotatable bonds is 3. The maximum atomic E-state index is 6.08. The van der Waals surface area contributed by atoms with Crippen molar-refractivity contribution in [3.63, 3.8) is 0 Å². The van der Waals surface area contributed by atoms with Gasteiger partial charge in [-0.1, -0.05) is 6.07 Å². The summed E-state index contributed by atoms with van der Waals surface area (Å²) in [6, 6.07) is 5.83. The zero-order chi connectivity index (χ0) is 11.5. The van der Waals surface area contributed by atoms with Gasteiger partial charge in [-0.2, -0.15) is 0 Å². The molecule has 84 valence electrons. The van der Waals surface area contributed by atoms with Crippen LogP contribution in [-0.4, -0.2) is 4.98 Å². The monoisotopic (exact) mass is 280 g/mol. The minimum absolute atomic E-state index is 0.0941. The molecule has 1 atom stereocenters. The van der Waals surface area contributed by atoms with Gasteiger partial charge in [-0.25, -0.2) is 0 Å². The molecule has 2 N–H and O–H groups in total. The summed E-state index contributed by atoms with van der Waals surface area (Å²) in [5.74, 6) is 0. The Kier molecular flexibility index (Phi) is 3.41. The Labute approximate surface area is 103 Å². The van der Waals surface area contributed by atoms with Gasteiger partial charge in [0.25, 0.3) is 0 Å². The number of aryl methyl sites for hydroxylation is 1. The number of furan rings is 1. The van der Waals surface area contributed by atoms with Crippen molar-refractivity contribution in [3.8, 4) is 0 Å². The van der Waals surface area contributed by atoms with E-state index in [9.17, 15) is 0 Å². The van der Waals surface area contributed by atoms with E-state index in [-0.39, 0.29) is 6.04 Å². The lowest BCUT2D eigenvalue weighted by atomic mass is 10.1. The lowest BCUT2D eigenvalue weighted by molar-refractivity contribution is 0.530. The number of nitrogens with zero attached hydrogens (tertiary/aromatic N) is 1. The van der Waals surface area contributed by atoms with E-state index in [0.29, 0.717) is 11.1 Å². The Morgan fingerprint density at radius 1 is 1.44 bits per heavy atom. The van der Waals surface area contributed by atoms with Crippen molar-refractivity contribution in [2.24, 2.45) is 5.73 Å². The second-order valence-electron chi connectivity index (χ2n) is 3.79. The van der Waals surface area contributed by atoms with Crippen LogP contribution < -0.4 is 5.73 Å². The number of pyridine rings is 1. The van der Waals surface area contributed by atoms with Crippen LogP contribution in [0.1, 0.15) is 22.9 Å². The zero-order valence-corrected chi connectivity index (χ0v) is 10.6. The van der Waals surface area contributed by atoms with Crippen molar-refractivity contribution in [1.82, 2.24) is 4.98 Å². The first-order chi connectivity index (χ1) is 7.66. The predicted octanol–water partition coefficient (Wildman–Crippen LogP) is 2.99. The average molecular weight is 281 g/mol. The van der Waals surface area contributed by atoms with Crippen LogP contribution in [0.5, 0.6) is 0 Å². The summed E-state index contributed by atoms with van der Waals surface area (Å²) in [5, 5.41) is 0. The highest BCUT2D eigenvalue weighted by atomic mass is 79.9. The molecule has 0 fully saturated rings. The number of nitrogens with two attached hydrogens (primary N) is 1. The molecule has 0 aliphatic carbocycles. The molecule has 3 nitrogen and oxygen atoms in total. The second-order valence-corrected chi connectivity index (χ2v) is 4.51. The average Bonchev–Trinajstić information content (AvgIpc) is 2.68. The fourth-order valence-electron chi connectivity index (χ4n) is 1.52. The first-order valence-electron chi connectivity index (χ1n) is 5.07. The maximum Gasteiger partial charge on any atom is 0.173 e. The molecule has 0 spiro atoms. The molecule has 2 heterocycles. The highest BCUT2D eigenvalue weighted by Gasteiger charge is 2.13. The Morgan fingerprint density at radius 3 is 2.81 bits per heavy atom. The van der Waals surface area contributed by atoms with E-state index in [1.165, 1.54) is 0 Å². The lowest BCUT2D eigenvalue weighted by Crippen LogP contribution is -2.13. The van der Waals surface area contributed by atoms with Gasteiger partial charge in [0.1, 0.15) is 0 Å². The third-order valence-corrected chi connectivity index (χ3v) is 3.09. The van der Waals surface area contributed by atoms with Crippen LogP contribution >= 0.6 is 15.9 Å². The van der Waals surface area contributed by atoms with Crippen molar-refractivity contribution < 1.29 is 4.42 Å². The first-order valence-corrected chi connectivity index (χ1v) is 5.86. The molecule has 0 radical (unpaired) electrons. The van der Waals surface area contributed by atoms with Gasteiger partial charge in [-0.15, -0.1) is 0 Å². The molecule has 2 aromatic rings. The van der Waals surface area contributed by atoms with Gasteiger partial charge >= 0.3 is 0 Å². The Balaban J connectivity index is 2.10. The van der Waals surface area contributed by atoms with Gasteiger partial charge in [0.15, 0.2) is 4.67 Å². The van der Waals surface area contributed by atoms with E-state index in [2.05, 4.69) is 20.9 Å². The SMILES string of the molecule is Cc1ccc(CC(N)c2ccoc2Br)nc1. The van der Waals surface area contributed by atoms with E-state index in [1.54, 1.807) is 6.26 Å². The van der Waals surface area contributed by atoms with E-state index in [0.717, 1.165) is 16.8 Å². The molecular weight excluding hydrogens is 268 g/mol. The summed E-state index contributed by atoms with van der Waals surface area (Å²) in [7, 11) is 0. The van der Waals surface area contributed by atoms with E-state index in [1.807, 2.05) is 31.3 Å². The first kappa shape index (κ1) is 11.4. The normalized spacial score (nSPS) is 12.7. The van der Waals surface area contributed by atoms with Gasteiger partial charge in [-0.3, -0.25) is 4.98 Å². The number of hydrogen-bond acceptors (Lipinski definition) is 3. The molecular formula is C12H13BrN2O. The fraction of sp³-hybridized carbons (Fsp3) is 0.250. The van der Waals surface area contributed by atoms with Gasteiger partial charge in [0.05, 0.1) is 6.26 Å². The number of aromatic nitrogens is 1. The predicted molar refractivity (Wildman–Crippen MR) is 66.0 cm³/mol. The van der Waals surface area contributed by atoms with Crippen LogP contribution in [0.2, 0.25) is 0 Å². The Morgan fingerprint density at radius 2 is 2.25 bits per heavy atom. The van der Waals surface area contributed by atoms with Crippen molar-refractivity contribution in [2.45, 2.75) is 19.4 Å². The molecule has 0 saturated carbocycles. The molecule has 0 aliphatic rings. The number of hydrogen-bond donors (Lipinski definition) is 1. The topological polar surface area (TPSA) is 52.0 Å². The summed E-state index contributed by atoms with van der Waals surface area (Å²) in [5.41, 5.74) is 9.20. The Hall–Kier alpha value is -1.13. The molecule has 1 unspecified atom stereocenters. The van der Waals surface area contributed by atoms with Gasteiger partial charge in [0, 0.05) is 29.9 Å². The van der Waals surface area contributed by atoms with Crippen LogP contribution in [0.25, 0.3) is 0 Å². The molecule has 0 bridgehead atoms. The minimum Gasteiger partial charge on any atom is -0.457 e. The molecule has 16 heavy (non-hydrogen) atoms. The maximum absolute atomic E-state index is 6.08. The van der Waals surface area contributed by atoms with Gasteiger partial charge in [-0.05, 0) is 40.5 Å². The van der Waals surface area contributed by atoms with Gasteiger partial charge < -0.3 is 10.2 Å². The van der Waals surface area contributed by atoms with Crippen LogP contribution in [0.3, 0.4) is 0 Å². The largest absolute Gasteiger partial charge is 0.457 e. The lowest BCUT2D eigenvalue weighted by Gasteiger charge is -2.09. The standard InChI is InChI=1S/C12H13BrN2O/c1-8-2-3-9(15-7-8)6-11(14)10-4-5-16-12(10)13/h2-5,7,11H,6,14H2,1H3. The summed E-state index contributed by atoms with van der Waals surface area (Å²) in [6.45, 7) is 2.02. The summed E-state index contributed by atoms with van der Waals surface area (Å²) < 4.78 is 5.86. The highest BCUT2D eigenvalue weighted by molar-refractivity contribution is 9.10. The van der Waals surface area contributed by atoms with E-state index in [4.69, 9.17) is 10.2 Å². The molecule has 2 aromatic heterocycles. The van der Waals surface area contributed by atoms with E-state index >= 15 is 0 Å². The zero-order valence-electron chi connectivity index (χ0n) is 8.98. The summed E-state index contributed by atoms with van der Waals surface area (Å²) >= 11 is 3.32. The Bertz CT molecular complexity index is 464. The van der Waals surface area contributed by atoms with Crippen molar-refractivity contribution in [1.29, 1.82) is 0 Å². The molecule has 0 aromatic carbocycles. The third kappa shape index (κ3) is 2.51. The highest BCUT2D eigenvalue weighted by Crippen LogP contribution is 2.24. The molecule has 2 rings (SSSR count). The molecule has 0 saturated heterocycles. The second kappa shape index (κ2) is 4.80. The van der Waals surface area contributed by atoms with Crippen LogP contribution in [0, 0.1) is 6.92 Å².